The Balaban J connectivity index is 0.000000413. The Morgan fingerprint density at radius 2 is 1.61 bits per heavy atom. The molecule has 2 aromatic carbocycles. The summed E-state index contributed by atoms with van der Waals surface area (Å²) in [6.07, 6.45) is 0. The number of fused-ring (bicyclic) bond motifs is 1. The van der Waals surface area contributed by atoms with Crippen LogP contribution in [0.3, 0.4) is 0 Å². The van der Waals surface area contributed by atoms with Crippen molar-refractivity contribution in [2.75, 3.05) is 0 Å². The minimum atomic E-state index is -3.55. The molecule has 1 aliphatic rings. The second kappa shape index (κ2) is 7.60. The average molecular weight is 345 g/mol. The Morgan fingerprint density at radius 1 is 1.04 bits per heavy atom. The topological polar surface area (TPSA) is 121 Å². The molecule has 1 heterocycles. The van der Waals surface area contributed by atoms with Gasteiger partial charge >= 0.3 is 35.5 Å². The van der Waals surface area contributed by atoms with E-state index in [1.54, 1.807) is 12.1 Å². The number of sulfonamides is 1. The van der Waals surface area contributed by atoms with Gasteiger partial charge in [-0.2, -0.15) is 0 Å². The quantitative estimate of drug-likeness (QED) is 0.531. The molecular weight excluding hydrogens is 333 g/mol. The van der Waals surface area contributed by atoms with Crippen molar-refractivity contribution < 1.29 is 59.2 Å². The second-order valence-electron chi connectivity index (χ2n) is 4.28. The van der Waals surface area contributed by atoms with E-state index < -0.39 is 21.9 Å². The molecule has 0 aromatic heterocycles. The molecule has 0 radical (unpaired) electrons. The molecule has 2 aromatic rings. The number of carbonyl (C=O) groups excluding carboxylic acids is 1. The van der Waals surface area contributed by atoms with Crippen LogP contribution in [-0.2, 0) is 10.0 Å². The van der Waals surface area contributed by atoms with Crippen molar-refractivity contribution in [1.29, 1.82) is 0 Å². The number of aromatic hydroxyl groups is 1. The van der Waals surface area contributed by atoms with Crippen LogP contribution in [0.15, 0.2) is 53.4 Å². The maximum atomic E-state index is 11.1. The van der Waals surface area contributed by atoms with Gasteiger partial charge in [0.15, 0.2) is 0 Å². The van der Waals surface area contributed by atoms with Crippen LogP contribution in [0.1, 0.15) is 22.1 Å². The number of phenols is 1. The van der Waals surface area contributed by atoms with Gasteiger partial charge < -0.3 is 11.6 Å². The van der Waals surface area contributed by atoms with Crippen molar-refractivity contribution >= 4 is 21.9 Å². The number of carboxylic acids is 1. The predicted octanol–water partition coefficient (Wildman–Crippen LogP) is -1.67. The Hall–Kier alpha value is -1.87. The van der Waals surface area contributed by atoms with Crippen LogP contribution in [0.2, 0.25) is 0 Å². The van der Waals surface area contributed by atoms with Crippen molar-refractivity contribution in [3.63, 3.8) is 0 Å². The predicted molar refractivity (Wildman–Crippen MR) is 77.3 cm³/mol. The number of benzene rings is 2. The number of carboxylic acid groups (broad SMARTS) is 1. The first-order valence-corrected chi connectivity index (χ1v) is 7.48. The van der Waals surface area contributed by atoms with Gasteiger partial charge in [0.25, 0.3) is 15.9 Å². The number of hydrogen-bond acceptors (Lipinski definition) is 5. The number of nitrogens with one attached hydrogen (secondary N) is 1. The molecule has 116 valence electrons. The molecule has 1 amide bonds. The summed E-state index contributed by atoms with van der Waals surface area (Å²) in [7, 11) is -3.55. The number of phenolic OH excluding ortho intramolecular Hbond substituents is 1. The van der Waals surface area contributed by atoms with Crippen LogP contribution in [0.25, 0.3) is 0 Å². The normalized spacial score (nSPS) is 13.7. The first-order valence-electron chi connectivity index (χ1n) is 6.00. The van der Waals surface area contributed by atoms with E-state index in [0.29, 0.717) is 0 Å². The Kier molecular flexibility index (Phi) is 6.34. The molecule has 7 nitrogen and oxygen atoms in total. The standard InChI is InChI=1S/C7H5NO3S.C7H6O3.Na.H/c9-7-5-3-1-2-4-6(5)12(10,11)8-7;8-6-3-1-5(2-4-6)7(9)10;;/h1-4H,(H,8,9);1-4,8H,(H,9,10);;/q;;+1;-1. The maximum absolute atomic E-state index is 11.1. The minimum Gasteiger partial charge on any atom is -1.00 e. The Bertz CT molecular complexity index is 839. The van der Waals surface area contributed by atoms with Crippen molar-refractivity contribution in [3.8, 4) is 5.75 Å². The zero-order valence-corrected chi connectivity index (χ0v) is 14.9. The zero-order valence-electron chi connectivity index (χ0n) is 13.1. The number of amides is 1. The van der Waals surface area contributed by atoms with Gasteiger partial charge in [0.2, 0.25) is 0 Å². The fraction of sp³-hybridized carbons (Fsp3) is 0. The monoisotopic (exact) mass is 345 g/mol. The van der Waals surface area contributed by atoms with Gasteiger partial charge in [-0.05, 0) is 36.4 Å². The van der Waals surface area contributed by atoms with E-state index >= 15 is 0 Å². The first-order chi connectivity index (χ1) is 10.3. The molecule has 0 saturated carbocycles. The fourth-order valence-corrected chi connectivity index (χ4v) is 2.90. The van der Waals surface area contributed by atoms with Gasteiger partial charge in [-0.15, -0.1) is 0 Å². The first kappa shape index (κ1) is 19.2. The van der Waals surface area contributed by atoms with Gasteiger partial charge in [0.05, 0.1) is 11.1 Å². The second-order valence-corrected chi connectivity index (χ2v) is 5.93. The molecular formula is C14H12NNaO6S. The molecule has 0 atom stereocenters. The molecule has 0 spiro atoms. The fourth-order valence-electron chi connectivity index (χ4n) is 1.72. The Labute approximate surface area is 155 Å². The summed E-state index contributed by atoms with van der Waals surface area (Å²) in [5.74, 6) is -1.46. The summed E-state index contributed by atoms with van der Waals surface area (Å²) >= 11 is 0. The van der Waals surface area contributed by atoms with E-state index in [0.717, 1.165) is 0 Å². The Morgan fingerprint density at radius 3 is 2.13 bits per heavy atom. The number of rotatable bonds is 1. The zero-order chi connectivity index (χ0) is 16.3. The van der Waals surface area contributed by atoms with E-state index in [1.807, 2.05) is 4.72 Å². The van der Waals surface area contributed by atoms with Crippen molar-refractivity contribution in [3.05, 3.63) is 59.7 Å². The van der Waals surface area contributed by atoms with Gasteiger partial charge in [0, 0.05) is 0 Å². The number of carbonyl (C=O) groups is 2. The summed E-state index contributed by atoms with van der Waals surface area (Å²) in [4.78, 5) is 21.3. The molecule has 0 saturated heterocycles. The van der Waals surface area contributed by atoms with E-state index in [9.17, 15) is 18.0 Å². The SMILES string of the molecule is O=C(O)c1ccc(O)cc1.O=C1NS(=O)(=O)c2ccccc21.[H-].[Na+]. The number of aromatic carboxylic acids is 1. The minimum absolute atomic E-state index is 0. The maximum Gasteiger partial charge on any atom is 1.00 e. The van der Waals surface area contributed by atoms with E-state index in [1.165, 1.54) is 36.4 Å². The molecule has 0 aliphatic carbocycles. The molecule has 1 aliphatic heterocycles. The molecule has 0 bridgehead atoms. The summed E-state index contributed by atoms with van der Waals surface area (Å²) in [6, 6.07) is 11.5. The number of hydrogen-bond donors (Lipinski definition) is 3. The van der Waals surface area contributed by atoms with Crippen LogP contribution in [0, 0.1) is 0 Å². The smallest absolute Gasteiger partial charge is 1.00 e. The molecule has 3 N–H and O–H groups in total. The largest absolute Gasteiger partial charge is 1.00 e. The van der Waals surface area contributed by atoms with Crippen LogP contribution in [0.4, 0.5) is 0 Å². The van der Waals surface area contributed by atoms with Crippen LogP contribution in [-0.4, -0.2) is 30.5 Å². The van der Waals surface area contributed by atoms with Crippen LogP contribution < -0.4 is 34.3 Å². The van der Waals surface area contributed by atoms with Crippen molar-refractivity contribution in [1.82, 2.24) is 4.72 Å². The molecule has 9 heteroatoms. The van der Waals surface area contributed by atoms with E-state index in [-0.39, 0.29) is 52.8 Å². The third kappa shape index (κ3) is 4.55. The van der Waals surface area contributed by atoms with Crippen LogP contribution in [0.5, 0.6) is 5.75 Å². The van der Waals surface area contributed by atoms with E-state index in [4.69, 9.17) is 10.2 Å². The summed E-state index contributed by atoms with van der Waals surface area (Å²) in [6.45, 7) is 0. The van der Waals surface area contributed by atoms with Crippen molar-refractivity contribution in [2.24, 2.45) is 0 Å². The van der Waals surface area contributed by atoms with Gasteiger partial charge in [-0.3, -0.25) is 4.79 Å². The summed E-state index contributed by atoms with van der Waals surface area (Å²) < 4.78 is 24.2. The molecule has 23 heavy (non-hydrogen) atoms. The van der Waals surface area contributed by atoms with Gasteiger partial charge in [-0.1, -0.05) is 12.1 Å². The van der Waals surface area contributed by atoms with Gasteiger partial charge in [-0.25, -0.2) is 17.9 Å². The van der Waals surface area contributed by atoms with Crippen LogP contribution >= 0.6 is 0 Å². The summed E-state index contributed by atoms with van der Waals surface area (Å²) in [5, 5.41) is 17.1. The molecule has 3 rings (SSSR count). The molecule has 0 fully saturated rings. The summed E-state index contributed by atoms with van der Waals surface area (Å²) in [5.41, 5.74) is 0.398. The third-order valence-corrected chi connectivity index (χ3v) is 4.15. The van der Waals surface area contributed by atoms with E-state index in [2.05, 4.69) is 0 Å². The van der Waals surface area contributed by atoms with Crippen molar-refractivity contribution in [2.45, 2.75) is 4.90 Å². The average Bonchev–Trinajstić information content (AvgIpc) is 2.71. The van der Waals surface area contributed by atoms with Gasteiger partial charge in [0.1, 0.15) is 10.6 Å². The third-order valence-electron chi connectivity index (χ3n) is 2.76. The molecule has 0 unspecified atom stereocenters.